The molecule has 4 heteroatoms. The Balaban J connectivity index is 4.03. The zero-order valence-electron chi connectivity index (χ0n) is 14.8. The molecule has 0 bridgehead atoms. The van der Waals surface area contributed by atoms with Crippen LogP contribution in [0.15, 0.2) is 0 Å². The summed E-state index contributed by atoms with van der Waals surface area (Å²) in [6.07, 6.45) is 2.14. The van der Waals surface area contributed by atoms with Gasteiger partial charge in [0.1, 0.15) is 0 Å². The van der Waals surface area contributed by atoms with E-state index in [1.807, 2.05) is 0 Å². The minimum Gasteiger partial charge on any atom is -0.416 e. The van der Waals surface area contributed by atoms with Crippen molar-refractivity contribution >= 4 is 16.6 Å². The highest BCUT2D eigenvalue weighted by Crippen LogP contribution is 2.37. The molecule has 0 fully saturated rings. The van der Waals surface area contributed by atoms with Crippen LogP contribution in [0, 0.1) is 6.42 Å². The van der Waals surface area contributed by atoms with Gasteiger partial charge in [0.25, 0.3) is 0 Å². The fourth-order valence-electron chi connectivity index (χ4n) is 1.02. The monoisotopic (exact) mass is 303 g/mol. The van der Waals surface area contributed by atoms with E-state index in [2.05, 4.69) is 74.2 Å². The van der Waals surface area contributed by atoms with Crippen LogP contribution in [0.1, 0.15) is 41.5 Å². The first-order valence-electron chi connectivity index (χ1n) is 7.30. The lowest BCUT2D eigenvalue weighted by molar-refractivity contribution is 0.267. The highest BCUT2D eigenvalue weighted by Gasteiger charge is 2.38. The predicted molar refractivity (Wildman–Crippen MR) is 90.6 cm³/mol. The van der Waals surface area contributed by atoms with Crippen molar-refractivity contribution < 1.29 is 8.85 Å². The van der Waals surface area contributed by atoms with Gasteiger partial charge in [0, 0.05) is 19.6 Å². The van der Waals surface area contributed by atoms with E-state index in [9.17, 15) is 0 Å². The molecule has 0 atom stereocenters. The van der Waals surface area contributed by atoms with Crippen LogP contribution < -0.4 is 0 Å². The topological polar surface area (TPSA) is 18.5 Å². The van der Waals surface area contributed by atoms with Crippen molar-refractivity contribution in [3.8, 4) is 0 Å². The summed E-state index contributed by atoms with van der Waals surface area (Å²) in [6, 6.07) is 0. The highest BCUT2D eigenvalue weighted by molar-refractivity contribution is 6.74. The lowest BCUT2D eigenvalue weighted by Gasteiger charge is -2.37. The van der Waals surface area contributed by atoms with Gasteiger partial charge in [-0.1, -0.05) is 41.5 Å². The lowest BCUT2D eigenvalue weighted by Crippen LogP contribution is -2.42. The van der Waals surface area contributed by atoms with Gasteiger partial charge in [-0.25, -0.2) is 0 Å². The van der Waals surface area contributed by atoms with Crippen molar-refractivity contribution in [2.24, 2.45) is 0 Å². The molecule has 0 amide bonds. The van der Waals surface area contributed by atoms with Crippen molar-refractivity contribution in [2.75, 3.05) is 13.2 Å². The van der Waals surface area contributed by atoms with Crippen molar-refractivity contribution in [3.63, 3.8) is 0 Å². The normalized spacial score (nSPS) is 14.8. The van der Waals surface area contributed by atoms with E-state index in [1.165, 1.54) is 0 Å². The quantitative estimate of drug-likeness (QED) is 0.494. The van der Waals surface area contributed by atoms with Crippen LogP contribution in [0.2, 0.25) is 36.3 Å². The maximum absolute atomic E-state index is 6.11. The lowest BCUT2D eigenvalue weighted by atomic mass is 10.2. The Kier molecular flexibility index (Phi) is 6.53. The minimum atomic E-state index is -1.61. The molecule has 0 saturated heterocycles. The summed E-state index contributed by atoms with van der Waals surface area (Å²) in [4.78, 5) is 0. The molecule has 0 aromatic heterocycles. The first-order valence-corrected chi connectivity index (χ1v) is 13.1. The Hall–Kier alpha value is 0.354. The number of rotatable bonds is 6. The van der Waals surface area contributed by atoms with Gasteiger partial charge in [-0.05, 0) is 36.3 Å². The largest absolute Gasteiger partial charge is 0.416 e. The van der Waals surface area contributed by atoms with Gasteiger partial charge < -0.3 is 8.85 Å². The predicted octanol–water partition coefficient (Wildman–Crippen LogP) is 5.23. The summed E-state index contributed by atoms with van der Waals surface area (Å²) in [7, 11) is -3.23. The zero-order chi connectivity index (χ0) is 15.5. The smallest absolute Gasteiger partial charge is 0.191 e. The molecule has 0 aromatic carbocycles. The van der Waals surface area contributed by atoms with E-state index in [4.69, 9.17) is 8.85 Å². The van der Waals surface area contributed by atoms with Gasteiger partial charge >= 0.3 is 0 Å². The highest BCUT2D eigenvalue weighted by atomic mass is 28.4. The van der Waals surface area contributed by atoms with Crippen LogP contribution in [0.4, 0.5) is 0 Å². The third-order valence-electron chi connectivity index (χ3n) is 4.74. The molecule has 0 saturated carbocycles. The molecule has 0 aliphatic heterocycles. The van der Waals surface area contributed by atoms with Gasteiger partial charge in [-0.2, -0.15) is 0 Å². The fourth-order valence-corrected chi connectivity index (χ4v) is 2.95. The summed E-state index contributed by atoms with van der Waals surface area (Å²) >= 11 is 0. The van der Waals surface area contributed by atoms with Crippen molar-refractivity contribution in [3.05, 3.63) is 6.42 Å². The average Bonchev–Trinajstić information content (AvgIpc) is 2.12. The van der Waals surface area contributed by atoms with Crippen LogP contribution in [0.5, 0.6) is 0 Å². The zero-order valence-corrected chi connectivity index (χ0v) is 16.8. The Bertz CT molecular complexity index is 245. The summed E-state index contributed by atoms with van der Waals surface area (Å²) in [6.45, 7) is 24.2. The van der Waals surface area contributed by atoms with Gasteiger partial charge in [-0.15, -0.1) is 0 Å². The van der Waals surface area contributed by atoms with Gasteiger partial charge in [0.2, 0.25) is 0 Å². The Morgan fingerprint density at radius 3 is 1.16 bits per heavy atom. The number of hydrogen-bond donors (Lipinski definition) is 0. The van der Waals surface area contributed by atoms with Crippen molar-refractivity contribution in [1.29, 1.82) is 0 Å². The van der Waals surface area contributed by atoms with E-state index in [-0.39, 0.29) is 10.1 Å². The SMILES string of the molecule is CC(C)(C)[Si](C)(C)OC[CH]CO[Si](C)(C)C(C)(C)C. The summed E-state index contributed by atoms with van der Waals surface area (Å²) < 4.78 is 12.2. The Labute approximate surface area is 123 Å². The molecule has 0 spiro atoms. The maximum atomic E-state index is 6.11. The van der Waals surface area contributed by atoms with E-state index in [0.29, 0.717) is 13.2 Å². The van der Waals surface area contributed by atoms with Gasteiger partial charge in [0.05, 0.1) is 0 Å². The second-order valence-electron chi connectivity index (χ2n) is 8.43. The van der Waals surface area contributed by atoms with Crippen LogP contribution in [0.3, 0.4) is 0 Å². The molecule has 2 nitrogen and oxygen atoms in total. The standard InChI is InChI=1S/C15H35O2Si2/c1-14(2,3)18(7,8)16-12-11-13-17-19(9,10)15(4,5)6/h11H,12-13H2,1-10H3. The Morgan fingerprint density at radius 2 is 0.947 bits per heavy atom. The van der Waals surface area contributed by atoms with Gasteiger partial charge in [0.15, 0.2) is 16.6 Å². The molecule has 19 heavy (non-hydrogen) atoms. The van der Waals surface area contributed by atoms with Crippen LogP contribution in [-0.4, -0.2) is 29.8 Å². The van der Waals surface area contributed by atoms with E-state index in [0.717, 1.165) is 0 Å². The molecule has 0 aliphatic rings. The fraction of sp³-hybridized carbons (Fsp3) is 0.933. The first kappa shape index (κ1) is 19.4. The van der Waals surface area contributed by atoms with Crippen molar-refractivity contribution in [1.82, 2.24) is 0 Å². The summed E-state index contributed by atoms with van der Waals surface area (Å²) in [5, 5.41) is 0.558. The molecular weight excluding hydrogens is 268 g/mol. The molecular formula is C15H35O2Si2. The maximum Gasteiger partial charge on any atom is 0.191 e. The van der Waals surface area contributed by atoms with Gasteiger partial charge in [-0.3, -0.25) is 0 Å². The minimum absolute atomic E-state index is 0.279. The van der Waals surface area contributed by atoms with Crippen LogP contribution in [-0.2, 0) is 8.85 Å². The Morgan fingerprint density at radius 1 is 0.684 bits per heavy atom. The summed E-state index contributed by atoms with van der Waals surface area (Å²) in [5.41, 5.74) is 0. The molecule has 0 aromatic rings. The molecule has 0 N–H and O–H groups in total. The molecule has 1 radical (unpaired) electrons. The van der Waals surface area contributed by atoms with Crippen LogP contribution in [0.25, 0.3) is 0 Å². The van der Waals surface area contributed by atoms with E-state index >= 15 is 0 Å². The molecule has 0 rings (SSSR count). The molecule has 0 unspecified atom stereocenters. The summed E-state index contributed by atoms with van der Waals surface area (Å²) in [5.74, 6) is 0. The first-order chi connectivity index (χ1) is 8.21. The van der Waals surface area contributed by atoms with E-state index < -0.39 is 16.6 Å². The van der Waals surface area contributed by atoms with E-state index in [1.54, 1.807) is 0 Å². The number of hydrogen-bond acceptors (Lipinski definition) is 2. The molecule has 115 valence electrons. The van der Waals surface area contributed by atoms with Crippen LogP contribution >= 0.6 is 0 Å². The van der Waals surface area contributed by atoms with Crippen molar-refractivity contribution in [2.45, 2.75) is 77.8 Å². The molecule has 0 aliphatic carbocycles. The second kappa shape index (κ2) is 6.41. The average molecular weight is 304 g/mol. The second-order valence-corrected chi connectivity index (χ2v) is 18.0. The molecule has 0 heterocycles. The third-order valence-corrected chi connectivity index (χ3v) is 13.7. The third kappa shape index (κ3) is 6.11.